The summed E-state index contributed by atoms with van der Waals surface area (Å²) in [5.74, 6) is 1.77. The predicted molar refractivity (Wildman–Crippen MR) is 65.0 cm³/mol. The Bertz CT molecular complexity index is 525. The lowest BCUT2D eigenvalue weighted by Crippen LogP contribution is -1.94. The fraction of sp³-hybridized carbons (Fsp3) is 0.385. The number of carbonyl (C=O) groups excluding carboxylic acids is 1. The Kier molecular flexibility index (Phi) is 3.13. The number of carbonyl (C=O) groups is 1. The molecule has 0 bridgehead atoms. The minimum atomic E-state index is 0.315. The molecule has 0 aliphatic carbocycles. The van der Waals surface area contributed by atoms with E-state index in [4.69, 9.17) is 4.42 Å². The molecule has 0 aliphatic rings. The zero-order valence-corrected chi connectivity index (χ0v) is 10.3. The van der Waals surface area contributed by atoms with Crippen molar-refractivity contribution >= 4 is 6.29 Å². The van der Waals surface area contributed by atoms with Crippen LogP contribution in [0.2, 0.25) is 0 Å². The highest BCUT2D eigenvalue weighted by molar-refractivity contribution is 5.84. The van der Waals surface area contributed by atoms with Crippen molar-refractivity contribution in [2.24, 2.45) is 7.05 Å². The smallest absolute Gasteiger partial charge is 0.162 e. The number of aldehydes is 1. The number of furan rings is 1. The van der Waals surface area contributed by atoms with E-state index in [2.05, 4.69) is 18.9 Å². The van der Waals surface area contributed by atoms with Gasteiger partial charge >= 0.3 is 0 Å². The molecule has 2 heterocycles. The summed E-state index contributed by atoms with van der Waals surface area (Å²) < 4.78 is 7.49. The van der Waals surface area contributed by atoms with E-state index in [-0.39, 0.29) is 0 Å². The van der Waals surface area contributed by atoms with Gasteiger partial charge in [-0.05, 0) is 18.6 Å². The molecule has 90 valence electrons. The number of rotatable bonds is 4. The van der Waals surface area contributed by atoms with Crippen LogP contribution in [0.25, 0.3) is 11.5 Å². The van der Waals surface area contributed by atoms with E-state index in [0.717, 1.165) is 24.2 Å². The second-order valence-corrected chi connectivity index (χ2v) is 4.20. The molecule has 0 saturated carbocycles. The standard InChI is InChI=1S/C13H16N2O2/c1-4-9(2)12-7-10(8-16)13(17-12)11-5-6-14-15(11)3/h5-9H,4H2,1-3H3. The number of aromatic nitrogens is 2. The zero-order valence-electron chi connectivity index (χ0n) is 10.3. The maximum atomic E-state index is 11.1. The number of hydrogen-bond acceptors (Lipinski definition) is 3. The number of nitrogens with zero attached hydrogens (tertiary/aromatic N) is 2. The lowest BCUT2D eigenvalue weighted by Gasteiger charge is -2.03. The molecule has 0 aromatic carbocycles. The molecule has 4 heteroatoms. The van der Waals surface area contributed by atoms with Crippen LogP contribution in [-0.2, 0) is 7.05 Å². The van der Waals surface area contributed by atoms with Crippen molar-refractivity contribution in [3.63, 3.8) is 0 Å². The van der Waals surface area contributed by atoms with Gasteiger partial charge in [-0.25, -0.2) is 0 Å². The summed E-state index contributed by atoms with van der Waals surface area (Å²) in [5.41, 5.74) is 1.41. The van der Waals surface area contributed by atoms with Crippen LogP contribution >= 0.6 is 0 Å². The van der Waals surface area contributed by atoms with E-state index in [1.807, 2.05) is 19.2 Å². The fourth-order valence-corrected chi connectivity index (χ4v) is 1.75. The second-order valence-electron chi connectivity index (χ2n) is 4.20. The number of hydrogen-bond donors (Lipinski definition) is 0. The Labute approximate surface area is 100 Å². The molecule has 1 atom stereocenters. The minimum Gasteiger partial charge on any atom is -0.458 e. The van der Waals surface area contributed by atoms with Crippen molar-refractivity contribution in [2.75, 3.05) is 0 Å². The molecule has 0 N–H and O–H groups in total. The van der Waals surface area contributed by atoms with Gasteiger partial charge in [-0.15, -0.1) is 0 Å². The molecule has 0 fully saturated rings. The van der Waals surface area contributed by atoms with Gasteiger partial charge in [-0.1, -0.05) is 13.8 Å². The SMILES string of the molecule is CCC(C)c1cc(C=O)c(-c2ccnn2C)o1. The Morgan fingerprint density at radius 1 is 1.59 bits per heavy atom. The first-order chi connectivity index (χ1) is 8.17. The van der Waals surface area contributed by atoms with Crippen molar-refractivity contribution in [2.45, 2.75) is 26.2 Å². The Hall–Kier alpha value is -1.84. The fourth-order valence-electron chi connectivity index (χ4n) is 1.75. The molecular formula is C13H16N2O2. The first-order valence-electron chi connectivity index (χ1n) is 5.74. The topological polar surface area (TPSA) is 48.0 Å². The average molecular weight is 232 g/mol. The van der Waals surface area contributed by atoms with Gasteiger partial charge in [0.25, 0.3) is 0 Å². The van der Waals surface area contributed by atoms with Gasteiger partial charge in [-0.2, -0.15) is 5.10 Å². The van der Waals surface area contributed by atoms with Crippen LogP contribution in [-0.4, -0.2) is 16.1 Å². The van der Waals surface area contributed by atoms with Crippen LogP contribution < -0.4 is 0 Å². The third kappa shape index (κ3) is 2.02. The minimum absolute atomic E-state index is 0.315. The molecule has 2 aromatic heterocycles. The molecule has 0 radical (unpaired) electrons. The first-order valence-corrected chi connectivity index (χ1v) is 5.74. The molecule has 0 saturated heterocycles. The second kappa shape index (κ2) is 4.57. The molecular weight excluding hydrogens is 216 g/mol. The normalized spacial score (nSPS) is 12.6. The van der Waals surface area contributed by atoms with Crippen LogP contribution in [0, 0.1) is 0 Å². The van der Waals surface area contributed by atoms with Gasteiger partial charge in [0, 0.05) is 19.2 Å². The lowest BCUT2D eigenvalue weighted by atomic mass is 10.1. The summed E-state index contributed by atoms with van der Waals surface area (Å²) in [4.78, 5) is 11.1. The summed E-state index contributed by atoms with van der Waals surface area (Å²) in [6.45, 7) is 4.18. The van der Waals surface area contributed by atoms with E-state index in [1.165, 1.54) is 0 Å². The molecule has 0 aliphatic heterocycles. The predicted octanol–water partition coefficient (Wildman–Crippen LogP) is 3.01. The maximum absolute atomic E-state index is 11.1. The largest absolute Gasteiger partial charge is 0.458 e. The van der Waals surface area contributed by atoms with Gasteiger partial charge in [-0.3, -0.25) is 9.48 Å². The van der Waals surface area contributed by atoms with Gasteiger partial charge < -0.3 is 4.42 Å². The summed E-state index contributed by atoms with van der Waals surface area (Å²) in [6, 6.07) is 3.66. The van der Waals surface area contributed by atoms with Crippen LogP contribution in [0.5, 0.6) is 0 Å². The van der Waals surface area contributed by atoms with Crippen molar-refractivity contribution < 1.29 is 9.21 Å². The highest BCUT2D eigenvalue weighted by Gasteiger charge is 2.17. The van der Waals surface area contributed by atoms with E-state index in [0.29, 0.717) is 17.2 Å². The van der Waals surface area contributed by atoms with Gasteiger partial charge in [0.1, 0.15) is 11.5 Å². The first kappa shape index (κ1) is 11.6. The highest BCUT2D eigenvalue weighted by Crippen LogP contribution is 2.30. The zero-order chi connectivity index (χ0) is 12.4. The Morgan fingerprint density at radius 3 is 2.88 bits per heavy atom. The molecule has 1 unspecified atom stereocenters. The van der Waals surface area contributed by atoms with Gasteiger partial charge in [0.15, 0.2) is 12.0 Å². The molecule has 0 spiro atoms. The highest BCUT2D eigenvalue weighted by atomic mass is 16.3. The van der Waals surface area contributed by atoms with E-state index in [9.17, 15) is 4.79 Å². The Morgan fingerprint density at radius 2 is 2.35 bits per heavy atom. The van der Waals surface area contributed by atoms with Crippen LogP contribution in [0.1, 0.15) is 42.3 Å². The lowest BCUT2D eigenvalue weighted by molar-refractivity contribution is 0.112. The Balaban J connectivity index is 2.50. The van der Waals surface area contributed by atoms with Gasteiger partial charge in [0.05, 0.1) is 5.56 Å². The van der Waals surface area contributed by atoms with Crippen LogP contribution in [0.3, 0.4) is 0 Å². The quantitative estimate of drug-likeness (QED) is 0.761. The maximum Gasteiger partial charge on any atom is 0.162 e. The van der Waals surface area contributed by atoms with Crippen LogP contribution in [0.15, 0.2) is 22.7 Å². The molecule has 4 nitrogen and oxygen atoms in total. The third-order valence-electron chi connectivity index (χ3n) is 3.06. The van der Waals surface area contributed by atoms with E-state index in [1.54, 1.807) is 10.9 Å². The van der Waals surface area contributed by atoms with E-state index >= 15 is 0 Å². The average Bonchev–Trinajstić information content (AvgIpc) is 2.93. The molecule has 0 amide bonds. The van der Waals surface area contributed by atoms with Crippen molar-refractivity contribution in [3.05, 3.63) is 29.7 Å². The summed E-state index contributed by atoms with van der Waals surface area (Å²) in [5, 5.41) is 4.08. The van der Waals surface area contributed by atoms with Gasteiger partial charge in [0.2, 0.25) is 0 Å². The molecule has 2 aromatic rings. The summed E-state index contributed by atoms with van der Waals surface area (Å²) in [6.07, 6.45) is 3.50. The van der Waals surface area contributed by atoms with Crippen molar-refractivity contribution in [1.29, 1.82) is 0 Å². The molecule has 17 heavy (non-hydrogen) atoms. The monoisotopic (exact) mass is 232 g/mol. The van der Waals surface area contributed by atoms with Crippen LogP contribution in [0.4, 0.5) is 0 Å². The van der Waals surface area contributed by atoms with Crippen molar-refractivity contribution in [3.8, 4) is 11.5 Å². The third-order valence-corrected chi connectivity index (χ3v) is 3.06. The number of aryl methyl sites for hydroxylation is 1. The van der Waals surface area contributed by atoms with E-state index < -0.39 is 0 Å². The van der Waals surface area contributed by atoms with Crippen molar-refractivity contribution in [1.82, 2.24) is 9.78 Å². The summed E-state index contributed by atoms with van der Waals surface area (Å²) in [7, 11) is 1.83. The molecule has 2 rings (SSSR count). The summed E-state index contributed by atoms with van der Waals surface area (Å²) >= 11 is 0.